The molecule has 6 nitrogen and oxygen atoms in total. The van der Waals surface area contributed by atoms with Crippen molar-refractivity contribution in [2.75, 3.05) is 27.8 Å². The maximum Gasteiger partial charge on any atom is 0.192 e. The molecule has 0 heterocycles. The normalized spacial score (nSPS) is 40.1. The Hall–Kier alpha value is -1.12. The lowest BCUT2D eigenvalue weighted by Crippen LogP contribution is -2.67. The summed E-state index contributed by atoms with van der Waals surface area (Å²) >= 11 is 0. The highest BCUT2D eigenvalue weighted by Crippen LogP contribution is 2.80. The Bertz CT molecular complexity index is 1230. The predicted molar refractivity (Wildman–Crippen MR) is 179 cm³/mol. The summed E-state index contributed by atoms with van der Waals surface area (Å²) in [4.78, 5) is 0. The molecule has 5 rings (SSSR count). The van der Waals surface area contributed by atoms with Gasteiger partial charge >= 0.3 is 0 Å². The topological polar surface area (TPSA) is 66.4 Å². The van der Waals surface area contributed by atoms with Crippen LogP contribution < -0.4 is 9.47 Å². The van der Waals surface area contributed by atoms with Crippen LogP contribution in [0.15, 0.2) is 12.1 Å². The minimum Gasteiger partial charge on any atom is -0.468 e. The van der Waals surface area contributed by atoms with Gasteiger partial charge in [0.1, 0.15) is 11.5 Å². The summed E-state index contributed by atoms with van der Waals surface area (Å²) in [6.07, 6.45) is 8.48. The average molecular weight is 631 g/mol. The van der Waals surface area contributed by atoms with Crippen molar-refractivity contribution in [3.05, 3.63) is 23.3 Å². The van der Waals surface area contributed by atoms with Crippen LogP contribution in [-0.4, -0.2) is 52.4 Å². The smallest absolute Gasteiger partial charge is 0.192 e. The van der Waals surface area contributed by atoms with Crippen molar-refractivity contribution < 1.29 is 28.5 Å². The van der Waals surface area contributed by atoms with Gasteiger partial charge in [-0.1, -0.05) is 48.5 Å². The average Bonchev–Trinajstić information content (AvgIpc) is 3.52. The molecule has 44 heavy (non-hydrogen) atoms. The second-order valence-electron chi connectivity index (χ2n) is 17.4. The molecule has 1 aromatic carbocycles. The van der Waals surface area contributed by atoms with E-state index >= 15 is 0 Å². The lowest BCUT2D eigenvalue weighted by molar-refractivity contribution is -0.240. The third-order valence-electron chi connectivity index (χ3n) is 14.1. The Morgan fingerprint density at radius 2 is 1.52 bits per heavy atom. The van der Waals surface area contributed by atoms with E-state index in [9.17, 15) is 5.11 Å². The van der Waals surface area contributed by atoms with Crippen molar-refractivity contribution in [1.82, 2.24) is 0 Å². The molecule has 1 aromatic rings. The van der Waals surface area contributed by atoms with Crippen molar-refractivity contribution in [2.24, 2.45) is 34.0 Å². The van der Waals surface area contributed by atoms with Gasteiger partial charge in [-0.05, 0) is 111 Å². The Morgan fingerprint density at radius 1 is 0.886 bits per heavy atom. The van der Waals surface area contributed by atoms with E-state index in [0.717, 1.165) is 48.3 Å². The summed E-state index contributed by atoms with van der Waals surface area (Å²) in [5.74, 6) is 2.77. The number of ether oxygens (including phenoxy) is 4. The second-order valence-corrected chi connectivity index (χ2v) is 22.2. The number of hydrogen-bond acceptors (Lipinski definition) is 6. The maximum atomic E-state index is 13.1. The van der Waals surface area contributed by atoms with Gasteiger partial charge in [-0.15, -0.1) is 0 Å². The molecule has 8 atom stereocenters. The number of fused-ring (bicyclic) bond motifs is 5. The molecule has 0 aromatic heterocycles. The van der Waals surface area contributed by atoms with Crippen molar-refractivity contribution in [3.8, 4) is 11.5 Å². The van der Waals surface area contributed by atoms with Gasteiger partial charge in [-0.3, -0.25) is 0 Å². The van der Waals surface area contributed by atoms with E-state index in [4.69, 9.17) is 23.4 Å². The second kappa shape index (κ2) is 11.2. The Morgan fingerprint density at radius 3 is 2.16 bits per heavy atom. The lowest BCUT2D eigenvalue weighted by atomic mass is 9.38. The van der Waals surface area contributed by atoms with Crippen molar-refractivity contribution in [2.45, 2.75) is 136 Å². The van der Waals surface area contributed by atoms with E-state index < -0.39 is 13.9 Å². The lowest BCUT2D eigenvalue weighted by Gasteiger charge is -2.68. The molecule has 0 spiro atoms. The first-order valence-electron chi connectivity index (χ1n) is 17.1. The monoisotopic (exact) mass is 630 g/mol. The first-order chi connectivity index (χ1) is 20.3. The van der Waals surface area contributed by atoms with Gasteiger partial charge < -0.3 is 28.5 Å². The zero-order valence-electron chi connectivity index (χ0n) is 29.9. The summed E-state index contributed by atoms with van der Waals surface area (Å²) in [5, 5.41) is 13.3. The fourth-order valence-electron chi connectivity index (χ4n) is 10.5. The van der Waals surface area contributed by atoms with Gasteiger partial charge in [0.05, 0.1) is 11.2 Å². The molecule has 250 valence electrons. The number of rotatable bonds is 10. The van der Waals surface area contributed by atoms with Crippen LogP contribution >= 0.6 is 0 Å². The Kier molecular flexibility index (Phi) is 8.75. The van der Waals surface area contributed by atoms with Crippen molar-refractivity contribution >= 4 is 8.32 Å². The van der Waals surface area contributed by atoms with Crippen LogP contribution in [0.5, 0.6) is 11.5 Å². The molecule has 7 heteroatoms. The van der Waals surface area contributed by atoms with E-state index in [1.165, 1.54) is 19.3 Å². The summed E-state index contributed by atoms with van der Waals surface area (Å²) in [6.45, 7) is 24.2. The summed E-state index contributed by atoms with van der Waals surface area (Å²) in [5.41, 5.74) is 1.32. The highest BCUT2D eigenvalue weighted by molar-refractivity contribution is 6.74. The zero-order valence-corrected chi connectivity index (χ0v) is 30.9. The van der Waals surface area contributed by atoms with E-state index in [-0.39, 0.29) is 46.4 Å². The minimum atomic E-state index is -1.89. The molecular formula is C37H62O6Si. The summed E-state index contributed by atoms with van der Waals surface area (Å²) in [6, 6.07) is 4.02. The van der Waals surface area contributed by atoms with Crippen LogP contribution in [0.3, 0.4) is 0 Å². The van der Waals surface area contributed by atoms with E-state index in [0.29, 0.717) is 18.3 Å². The number of hydrogen-bond donors (Lipinski definition) is 1. The van der Waals surface area contributed by atoms with Crippen LogP contribution in [0, 0.1) is 40.9 Å². The van der Waals surface area contributed by atoms with Crippen LogP contribution in [0.4, 0.5) is 0 Å². The first-order valence-corrected chi connectivity index (χ1v) is 20.0. The van der Waals surface area contributed by atoms with Crippen LogP contribution in [-0.2, 0) is 20.3 Å². The number of benzene rings is 1. The summed E-state index contributed by atoms with van der Waals surface area (Å²) in [7, 11) is 1.38. The molecule has 4 fully saturated rings. The molecule has 4 aliphatic carbocycles. The van der Waals surface area contributed by atoms with E-state index in [1.807, 2.05) is 19.1 Å². The molecule has 0 radical (unpaired) electrons. The molecule has 0 bridgehead atoms. The van der Waals surface area contributed by atoms with Crippen molar-refractivity contribution in [1.29, 1.82) is 0 Å². The summed E-state index contributed by atoms with van der Waals surface area (Å²) < 4.78 is 29.9. The van der Waals surface area contributed by atoms with Crippen LogP contribution in [0.2, 0.25) is 18.1 Å². The predicted octanol–water partition coefficient (Wildman–Crippen LogP) is 8.67. The van der Waals surface area contributed by atoms with Gasteiger partial charge in [-0.25, -0.2) is 0 Å². The molecule has 4 saturated carbocycles. The SMILES string of the molecule is COCOc1cc(C)c(OCOC)c(C[C@@]2(O)[C@@H](C)CC[C@@H]3[C@@]4(C)CC[C@@]5(O[Si](C)(C)C(C)(C)C)C[C@@]5(C)[C@@H]4CC[C@]32C)c1. The number of aryl methyl sites for hydroxylation is 1. The quantitative estimate of drug-likeness (QED) is 0.206. The Balaban J connectivity index is 1.48. The molecular weight excluding hydrogens is 568 g/mol. The first kappa shape index (κ1) is 34.2. The fourth-order valence-corrected chi connectivity index (χ4v) is 12.2. The zero-order chi connectivity index (χ0) is 32.6. The maximum absolute atomic E-state index is 13.1. The number of aliphatic hydroxyl groups is 1. The molecule has 4 aliphatic rings. The Labute approximate surface area is 269 Å². The third-order valence-corrected chi connectivity index (χ3v) is 18.6. The van der Waals surface area contributed by atoms with Crippen LogP contribution in [0.25, 0.3) is 0 Å². The van der Waals surface area contributed by atoms with E-state index in [2.05, 4.69) is 61.6 Å². The standard InChI is InChI=1S/C37H62O6Si/c1-25-19-28(41-23-39-9)20-27(31(25)42-24-40-10)21-37(38)26(2)13-14-29-33(6)17-18-36(43-44(11,12)32(3,4)5)22-35(36,8)30(33)15-16-34(29,37)7/h19-20,26,29-30,38H,13-18,21-24H2,1-12H3/t26-,29+,30+,33+,34+,35-,36+,37+/m0/s1. The number of methoxy groups -OCH3 is 2. The molecule has 0 amide bonds. The highest BCUT2D eigenvalue weighted by atomic mass is 28.4. The minimum absolute atomic E-state index is 0.0416. The highest BCUT2D eigenvalue weighted by Gasteiger charge is 2.78. The third kappa shape index (κ3) is 5.10. The van der Waals surface area contributed by atoms with Gasteiger partial charge in [0.15, 0.2) is 21.9 Å². The molecule has 1 N–H and O–H groups in total. The van der Waals surface area contributed by atoms with Crippen molar-refractivity contribution in [3.63, 3.8) is 0 Å². The van der Waals surface area contributed by atoms with E-state index in [1.54, 1.807) is 14.2 Å². The fraction of sp³-hybridized carbons (Fsp3) is 0.838. The molecule has 0 aliphatic heterocycles. The van der Waals surface area contributed by atoms with Gasteiger partial charge in [0.25, 0.3) is 0 Å². The van der Waals surface area contributed by atoms with Gasteiger partial charge in [-0.2, -0.15) is 0 Å². The molecule has 0 saturated heterocycles. The molecule has 0 unspecified atom stereocenters. The largest absolute Gasteiger partial charge is 0.468 e. The van der Waals surface area contributed by atoms with Crippen LogP contribution in [0.1, 0.15) is 105 Å². The van der Waals surface area contributed by atoms with Gasteiger partial charge in [0.2, 0.25) is 0 Å². The van der Waals surface area contributed by atoms with Gasteiger partial charge in [0, 0.05) is 37.0 Å².